The van der Waals surface area contributed by atoms with Gasteiger partial charge in [-0.1, -0.05) is 12.1 Å². The van der Waals surface area contributed by atoms with Gasteiger partial charge in [0.2, 0.25) is 17.7 Å². The van der Waals surface area contributed by atoms with E-state index in [1.165, 1.54) is 19.1 Å². The Labute approximate surface area is 199 Å². The number of phenols is 1. The highest BCUT2D eigenvalue weighted by molar-refractivity contribution is 5.95. The summed E-state index contributed by atoms with van der Waals surface area (Å²) in [6.45, 7) is 1.27. The van der Waals surface area contributed by atoms with Crippen molar-refractivity contribution >= 4 is 35.6 Å². The molecular weight excluding hydrogens is 468 g/mol. The van der Waals surface area contributed by atoms with Crippen LogP contribution in [0.1, 0.15) is 31.7 Å². The maximum absolute atomic E-state index is 12.5. The third kappa shape index (κ3) is 10.5. The molecule has 1 aromatic carbocycles. The largest absolute Gasteiger partial charge is 0.508 e. The minimum absolute atomic E-state index is 0.0357. The standard InChI is InChI=1S/C21H28N4O10/c1-10(23-19(32)13(22)8-11-2-4-12(26)5-3-11)18(31)25-15(9-17(29)30)20(33)24-14(21(34)35)6-7-16(27)28/h2-5,10,13-15,26H,6-9,22H2,1H3,(H,23,32)(H,24,33)(H,25,31)(H,27,28)(H,29,30)(H,34,35). The van der Waals surface area contributed by atoms with Crippen LogP contribution in [0.5, 0.6) is 5.75 Å². The van der Waals surface area contributed by atoms with E-state index < -0.39 is 79.1 Å². The fourth-order valence-corrected chi connectivity index (χ4v) is 2.84. The van der Waals surface area contributed by atoms with Gasteiger partial charge in [-0.3, -0.25) is 24.0 Å². The van der Waals surface area contributed by atoms with Gasteiger partial charge in [0.15, 0.2) is 0 Å². The number of benzene rings is 1. The number of amides is 3. The lowest BCUT2D eigenvalue weighted by Gasteiger charge is -2.23. The van der Waals surface area contributed by atoms with Gasteiger partial charge in [-0.2, -0.15) is 0 Å². The van der Waals surface area contributed by atoms with Gasteiger partial charge in [0.25, 0.3) is 0 Å². The topological polar surface area (TPSA) is 245 Å². The van der Waals surface area contributed by atoms with E-state index in [0.717, 1.165) is 0 Å². The molecule has 0 fully saturated rings. The predicted molar refractivity (Wildman–Crippen MR) is 118 cm³/mol. The zero-order valence-corrected chi connectivity index (χ0v) is 18.8. The lowest BCUT2D eigenvalue weighted by Crippen LogP contribution is -2.57. The molecule has 0 aliphatic rings. The third-order valence-corrected chi connectivity index (χ3v) is 4.75. The second-order valence-corrected chi connectivity index (χ2v) is 7.70. The first kappa shape index (κ1) is 28.8. The van der Waals surface area contributed by atoms with E-state index in [-0.39, 0.29) is 12.2 Å². The summed E-state index contributed by atoms with van der Waals surface area (Å²) in [5.74, 6) is -7.07. The predicted octanol–water partition coefficient (Wildman–Crippen LogP) is -1.84. The first-order valence-electron chi connectivity index (χ1n) is 10.4. The SMILES string of the molecule is CC(NC(=O)C(N)Cc1ccc(O)cc1)C(=O)NC(CC(=O)O)C(=O)NC(CCC(=O)O)C(=O)O. The van der Waals surface area contributed by atoms with Crippen LogP contribution >= 0.6 is 0 Å². The number of carbonyl (C=O) groups is 6. The molecule has 1 aromatic rings. The Morgan fingerprint density at radius 1 is 0.829 bits per heavy atom. The summed E-state index contributed by atoms with van der Waals surface area (Å²) in [4.78, 5) is 70.3. The molecule has 0 spiro atoms. The summed E-state index contributed by atoms with van der Waals surface area (Å²) in [6.07, 6.45) is -1.84. The summed E-state index contributed by atoms with van der Waals surface area (Å²) in [5, 5.41) is 42.7. The Hall–Kier alpha value is -4.20. The first-order valence-corrected chi connectivity index (χ1v) is 10.4. The molecule has 1 rings (SSSR count). The molecule has 0 aliphatic heterocycles. The quantitative estimate of drug-likeness (QED) is 0.142. The first-order chi connectivity index (χ1) is 16.3. The number of aromatic hydroxyl groups is 1. The van der Waals surface area contributed by atoms with Gasteiger partial charge in [-0.15, -0.1) is 0 Å². The summed E-state index contributed by atoms with van der Waals surface area (Å²) >= 11 is 0. The van der Waals surface area contributed by atoms with Gasteiger partial charge in [-0.05, 0) is 37.5 Å². The van der Waals surface area contributed by atoms with Gasteiger partial charge in [0.05, 0.1) is 12.5 Å². The van der Waals surface area contributed by atoms with Gasteiger partial charge in [-0.25, -0.2) is 4.79 Å². The van der Waals surface area contributed by atoms with Crippen molar-refractivity contribution in [2.75, 3.05) is 0 Å². The van der Waals surface area contributed by atoms with Crippen LogP contribution in [-0.2, 0) is 35.2 Å². The van der Waals surface area contributed by atoms with Crippen molar-refractivity contribution in [2.24, 2.45) is 5.73 Å². The number of carboxylic acid groups (broad SMARTS) is 3. The number of carbonyl (C=O) groups excluding carboxylic acids is 3. The molecule has 14 heteroatoms. The van der Waals surface area contributed by atoms with Crippen LogP contribution in [-0.4, -0.2) is 80.2 Å². The zero-order chi connectivity index (χ0) is 26.7. The van der Waals surface area contributed by atoms with E-state index in [0.29, 0.717) is 5.56 Å². The summed E-state index contributed by atoms with van der Waals surface area (Å²) in [7, 11) is 0. The molecule has 0 saturated heterocycles. The van der Waals surface area contributed by atoms with Crippen molar-refractivity contribution in [3.8, 4) is 5.75 Å². The number of carboxylic acids is 3. The van der Waals surface area contributed by atoms with Gasteiger partial charge in [0, 0.05) is 6.42 Å². The van der Waals surface area contributed by atoms with Crippen LogP contribution in [0.4, 0.5) is 0 Å². The Bertz CT molecular complexity index is 950. The monoisotopic (exact) mass is 496 g/mol. The van der Waals surface area contributed by atoms with Crippen LogP contribution in [0, 0.1) is 0 Å². The lowest BCUT2D eigenvalue weighted by atomic mass is 10.1. The molecule has 35 heavy (non-hydrogen) atoms. The summed E-state index contributed by atoms with van der Waals surface area (Å²) in [6, 6.07) is 0.348. The van der Waals surface area contributed by atoms with Crippen molar-refractivity contribution in [2.45, 2.75) is 56.8 Å². The average molecular weight is 496 g/mol. The number of nitrogens with one attached hydrogen (secondary N) is 3. The highest BCUT2D eigenvalue weighted by atomic mass is 16.4. The normalized spacial score (nSPS) is 14.0. The van der Waals surface area contributed by atoms with Crippen LogP contribution < -0.4 is 21.7 Å². The lowest BCUT2D eigenvalue weighted by molar-refractivity contribution is -0.144. The minimum atomic E-state index is -1.70. The van der Waals surface area contributed by atoms with E-state index in [4.69, 9.17) is 21.1 Å². The van der Waals surface area contributed by atoms with E-state index in [1.807, 2.05) is 5.32 Å². The van der Waals surface area contributed by atoms with E-state index in [9.17, 15) is 33.9 Å². The molecule has 0 heterocycles. The number of aliphatic carboxylic acids is 3. The second-order valence-electron chi connectivity index (χ2n) is 7.70. The van der Waals surface area contributed by atoms with Gasteiger partial charge >= 0.3 is 17.9 Å². The molecule has 4 unspecified atom stereocenters. The van der Waals surface area contributed by atoms with Gasteiger partial charge < -0.3 is 42.1 Å². The highest BCUT2D eigenvalue weighted by Gasteiger charge is 2.30. The Balaban J connectivity index is 2.76. The Morgan fingerprint density at radius 2 is 1.40 bits per heavy atom. The number of phenolic OH excluding ortho intramolecular Hbond substituents is 1. The highest BCUT2D eigenvalue weighted by Crippen LogP contribution is 2.11. The van der Waals surface area contributed by atoms with Gasteiger partial charge in [0.1, 0.15) is 23.9 Å². The molecule has 0 aromatic heterocycles. The van der Waals surface area contributed by atoms with Crippen LogP contribution in [0.2, 0.25) is 0 Å². The minimum Gasteiger partial charge on any atom is -0.508 e. The van der Waals surface area contributed by atoms with E-state index in [1.54, 1.807) is 12.1 Å². The fourth-order valence-electron chi connectivity index (χ4n) is 2.84. The number of hydrogen-bond acceptors (Lipinski definition) is 8. The average Bonchev–Trinajstić information content (AvgIpc) is 2.76. The maximum atomic E-state index is 12.5. The summed E-state index contributed by atoms with van der Waals surface area (Å²) < 4.78 is 0. The van der Waals surface area contributed by atoms with Crippen molar-refractivity contribution < 1.29 is 49.2 Å². The van der Waals surface area contributed by atoms with E-state index in [2.05, 4.69) is 10.6 Å². The smallest absolute Gasteiger partial charge is 0.326 e. The molecule has 0 aliphatic carbocycles. The van der Waals surface area contributed by atoms with Crippen LogP contribution in [0.25, 0.3) is 0 Å². The Kier molecular flexibility index (Phi) is 11.1. The number of rotatable bonds is 14. The van der Waals surface area contributed by atoms with Crippen molar-refractivity contribution in [1.82, 2.24) is 16.0 Å². The molecular formula is C21H28N4O10. The second kappa shape index (κ2) is 13.5. The summed E-state index contributed by atoms with van der Waals surface area (Å²) in [5.41, 5.74) is 6.49. The molecule has 0 radical (unpaired) electrons. The number of nitrogens with two attached hydrogens (primary N) is 1. The molecule has 0 saturated carbocycles. The van der Waals surface area contributed by atoms with Crippen molar-refractivity contribution in [1.29, 1.82) is 0 Å². The molecule has 192 valence electrons. The van der Waals surface area contributed by atoms with E-state index >= 15 is 0 Å². The van der Waals surface area contributed by atoms with Crippen molar-refractivity contribution in [3.63, 3.8) is 0 Å². The molecule has 0 bridgehead atoms. The third-order valence-electron chi connectivity index (χ3n) is 4.75. The fraction of sp³-hybridized carbons (Fsp3) is 0.429. The van der Waals surface area contributed by atoms with Crippen LogP contribution in [0.15, 0.2) is 24.3 Å². The molecule has 3 amide bonds. The number of hydrogen-bond donors (Lipinski definition) is 8. The van der Waals surface area contributed by atoms with Crippen molar-refractivity contribution in [3.05, 3.63) is 29.8 Å². The molecule has 4 atom stereocenters. The maximum Gasteiger partial charge on any atom is 0.326 e. The molecule has 9 N–H and O–H groups in total. The molecule has 14 nitrogen and oxygen atoms in total. The van der Waals surface area contributed by atoms with Crippen LogP contribution in [0.3, 0.4) is 0 Å². The Morgan fingerprint density at radius 3 is 1.91 bits per heavy atom. The zero-order valence-electron chi connectivity index (χ0n) is 18.8.